The second kappa shape index (κ2) is 7.05. The number of nitrogens with zero attached hydrogens (tertiary/aromatic N) is 1. The maximum Gasteiger partial charge on any atom is 0.153 e. The summed E-state index contributed by atoms with van der Waals surface area (Å²) >= 11 is 0. The van der Waals surface area contributed by atoms with Gasteiger partial charge < -0.3 is 9.47 Å². The molecule has 0 atom stereocenters. The molecule has 0 spiro atoms. The van der Waals surface area contributed by atoms with Crippen LogP contribution in [-0.2, 0) is 10.2 Å². The molecule has 0 bridgehead atoms. The Balaban J connectivity index is 1.94. The molecule has 116 valence electrons. The first-order chi connectivity index (χ1) is 10.0. The first-order valence-corrected chi connectivity index (χ1v) is 7.53. The van der Waals surface area contributed by atoms with Gasteiger partial charge in [0, 0.05) is 19.6 Å². The molecule has 2 rings (SSSR count). The zero-order valence-corrected chi connectivity index (χ0v) is 13.2. The minimum atomic E-state index is 0.0318. The number of carbonyl (C=O) groups excluding carboxylic acids is 1. The van der Waals surface area contributed by atoms with Crippen molar-refractivity contribution in [2.45, 2.75) is 26.2 Å². The van der Waals surface area contributed by atoms with Crippen LogP contribution in [0.2, 0.25) is 0 Å². The van der Waals surface area contributed by atoms with E-state index in [4.69, 9.17) is 9.47 Å². The summed E-state index contributed by atoms with van der Waals surface area (Å²) in [4.78, 5) is 13.6. The van der Waals surface area contributed by atoms with Gasteiger partial charge in [-0.2, -0.15) is 0 Å². The second-order valence-electron chi connectivity index (χ2n) is 6.42. The van der Waals surface area contributed by atoms with Crippen molar-refractivity contribution < 1.29 is 14.3 Å². The molecule has 1 saturated heterocycles. The Bertz CT molecular complexity index is 473. The highest BCUT2D eigenvalue weighted by atomic mass is 16.5. The number of carbonyl (C=O) groups is 1. The van der Waals surface area contributed by atoms with Crippen LogP contribution in [0.4, 0.5) is 0 Å². The van der Waals surface area contributed by atoms with Crippen molar-refractivity contribution in [3.63, 3.8) is 0 Å². The van der Waals surface area contributed by atoms with Crippen LogP contribution in [0.15, 0.2) is 18.2 Å². The highest BCUT2D eigenvalue weighted by Gasteiger charge is 2.16. The Kier molecular flexibility index (Phi) is 5.37. The number of aldehydes is 1. The predicted octanol–water partition coefficient (Wildman–Crippen LogP) is 2.51. The Morgan fingerprint density at radius 2 is 2.00 bits per heavy atom. The van der Waals surface area contributed by atoms with Gasteiger partial charge in [-0.1, -0.05) is 26.8 Å². The minimum absolute atomic E-state index is 0.0318. The van der Waals surface area contributed by atoms with Gasteiger partial charge in [0.1, 0.15) is 12.4 Å². The highest BCUT2D eigenvalue weighted by Crippen LogP contribution is 2.27. The van der Waals surface area contributed by atoms with Crippen molar-refractivity contribution in [3.8, 4) is 5.75 Å². The third kappa shape index (κ3) is 4.55. The molecule has 1 fully saturated rings. The summed E-state index contributed by atoms with van der Waals surface area (Å²) in [6.07, 6.45) is 0.874. The molecule has 1 heterocycles. The summed E-state index contributed by atoms with van der Waals surface area (Å²) in [5.41, 5.74) is 1.80. The normalized spacial score (nSPS) is 16.7. The van der Waals surface area contributed by atoms with Crippen LogP contribution < -0.4 is 4.74 Å². The van der Waals surface area contributed by atoms with E-state index in [1.165, 1.54) is 0 Å². The van der Waals surface area contributed by atoms with Gasteiger partial charge >= 0.3 is 0 Å². The number of hydrogen-bond acceptors (Lipinski definition) is 4. The number of rotatable bonds is 5. The maximum absolute atomic E-state index is 11.3. The minimum Gasteiger partial charge on any atom is -0.492 e. The lowest BCUT2D eigenvalue weighted by Crippen LogP contribution is -2.38. The smallest absolute Gasteiger partial charge is 0.153 e. The third-order valence-corrected chi connectivity index (χ3v) is 3.77. The van der Waals surface area contributed by atoms with Gasteiger partial charge in [-0.15, -0.1) is 0 Å². The lowest BCUT2D eigenvalue weighted by atomic mass is 9.86. The van der Waals surface area contributed by atoms with Crippen LogP contribution in [0, 0.1) is 0 Å². The van der Waals surface area contributed by atoms with Gasteiger partial charge in [0.15, 0.2) is 6.29 Å². The van der Waals surface area contributed by atoms with Gasteiger partial charge in [0.2, 0.25) is 0 Å². The zero-order chi connectivity index (χ0) is 15.3. The van der Waals surface area contributed by atoms with Crippen molar-refractivity contribution >= 4 is 6.29 Å². The van der Waals surface area contributed by atoms with E-state index in [0.29, 0.717) is 17.9 Å². The molecule has 0 N–H and O–H groups in total. The average molecular weight is 291 g/mol. The molecule has 21 heavy (non-hydrogen) atoms. The molecular formula is C17H25NO3. The summed E-state index contributed by atoms with van der Waals surface area (Å²) in [7, 11) is 0. The third-order valence-electron chi connectivity index (χ3n) is 3.77. The molecule has 1 aliphatic heterocycles. The molecule has 0 aliphatic carbocycles. The average Bonchev–Trinajstić information content (AvgIpc) is 2.47. The molecule has 4 nitrogen and oxygen atoms in total. The van der Waals surface area contributed by atoms with E-state index in [-0.39, 0.29) is 5.41 Å². The Labute approximate surface area is 127 Å². The molecule has 0 aromatic heterocycles. The van der Waals surface area contributed by atoms with Crippen LogP contribution in [-0.4, -0.2) is 50.6 Å². The van der Waals surface area contributed by atoms with Gasteiger partial charge in [-0.25, -0.2) is 0 Å². The van der Waals surface area contributed by atoms with E-state index >= 15 is 0 Å². The van der Waals surface area contributed by atoms with Crippen LogP contribution in [0.3, 0.4) is 0 Å². The predicted molar refractivity (Wildman–Crippen MR) is 83.3 cm³/mol. The molecule has 0 unspecified atom stereocenters. The van der Waals surface area contributed by atoms with Gasteiger partial charge in [0.25, 0.3) is 0 Å². The summed E-state index contributed by atoms with van der Waals surface area (Å²) in [5.74, 6) is 0.672. The van der Waals surface area contributed by atoms with Crippen molar-refractivity contribution in [3.05, 3.63) is 29.3 Å². The Morgan fingerprint density at radius 1 is 1.29 bits per heavy atom. The zero-order valence-electron chi connectivity index (χ0n) is 13.2. The molecular weight excluding hydrogens is 266 g/mol. The fraction of sp³-hybridized carbons (Fsp3) is 0.588. The lowest BCUT2D eigenvalue weighted by molar-refractivity contribution is 0.0322. The lowest BCUT2D eigenvalue weighted by Gasteiger charge is -2.26. The summed E-state index contributed by atoms with van der Waals surface area (Å²) in [6.45, 7) is 11.3. The first kappa shape index (κ1) is 16.0. The van der Waals surface area contributed by atoms with E-state index < -0.39 is 0 Å². The maximum atomic E-state index is 11.3. The molecule has 1 aromatic carbocycles. The number of benzene rings is 1. The van der Waals surface area contributed by atoms with Crippen LogP contribution >= 0.6 is 0 Å². The van der Waals surface area contributed by atoms with Crippen molar-refractivity contribution in [1.29, 1.82) is 0 Å². The fourth-order valence-electron chi connectivity index (χ4n) is 2.35. The summed E-state index contributed by atoms with van der Waals surface area (Å²) in [5, 5.41) is 0. The SMILES string of the molecule is CC(C)(C)c1ccc(OCCN2CCOCC2)c(C=O)c1. The van der Waals surface area contributed by atoms with Crippen LogP contribution in [0.25, 0.3) is 0 Å². The quantitative estimate of drug-likeness (QED) is 0.781. The summed E-state index contributed by atoms with van der Waals surface area (Å²) in [6, 6.07) is 5.87. The van der Waals surface area contributed by atoms with E-state index in [2.05, 4.69) is 25.7 Å². The number of hydrogen-bond donors (Lipinski definition) is 0. The van der Waals surface area contributed by atoms with Crippen LogP contribution in [0.1, 0.15) is 36.7 Å². The van der Waals surface area contributed by atoms with Gasteiger partial charge in [-0.05, 0) is 23.1 Å². The van der Waals surface area contributed by atoms with E-state index in [9.17, 15) is 4.79 Å². The highest BCUT2D eigenvalue weighted by molar-refractivity contribution is 5.79. The molecule has 1 aromatic rings. The molecule has 0 amide bonds. The molecule has 4 heteroatoms. The van der Waals surface area contributed by atoms with Crippen molar-refractivity contribution in [2.75, 3.05) is 39.5 Å². The van der Waals surface area contributed by atoms with E-state index in [1.54, 1.807) is 0 Å². The standard InChI is InChI=1S/C17H25NO3/c1-17(2,3)15-4-5-16(14(12-15)13-19)21-11-8-18-6-9-20-10-7-18/h4-5,12-13H,6-11H2,1-3H3. The largest absolute Gasteiger partial charge is 0.492 e. The molecule has 0 saturated carbocycles. The first-order valence-electron chi connectivity index (χ1n) is 7.53. The summed E-state index contributed by atoms with van der Waals surface area (Å²) < 4.78 is 11.1. The topological polar surface area (TPSA) is 38.8 Å². The molecule has 1 aliphatic rings. The van der Waals surface area contributed by atoms with E-state index in [1.807, 2.05) is 18.2 Å². The second-order valence-corrected chi connectivity index (χ2v) is 6.42. The Hall–Kier alpha value is -1.39. The molecule has 0 radical (unpaired) electrons. The number of morpholine rings is 1. The Morgan fingerprint density at radius 3 is 2.62 bits per heavy atom. The monoisotopic (exact) mass is 291 g/mol. The van der Waals surface area contributed by atoms with Gasteiger partial charge in [0.05, 0.1) is 18.8 Å². The van der Waals surface area contributed by atoms with Crippen LogP contribution in [0.5, 0.6) is 5.75 Å². The fourth-order valence-corrected chi connectivity index (χ4v) is 2.35. The van der Waals surface area contributed by atoms with E-state index in [0.717, 1.165) is 44.7 Å². The van der Waals surface area contributed by atoms with Gasteiger partial charge in [-0.3, -0.25) is 9.69 Å². The number of ether oxygens (including phenoxy) is 2. The van der Waals surface area contributed by atoms with Crippen molar-refractivity contribution in [2.24, 2.45) is 0 Å². The van der Waals surface area contributed by atoms with Crippen molar-refractivity contribution in [1.82, 2.24) is 4.90 Å².